The first kappa shape index (κ1) is 22.4. The van der Waals surface area contributed by atoms with E-state index in [0.717, 1.165) is 11.8 Å². The molecule has 166 valence electrons. The zero-order valence-corrected chi connectivity index (χ0v) is 18.7. The molecule has 3 amide bonds. The molecule has 9 nitrogen and oxygen atoms in total. The molecule has 4 rings (SSSR count). The summed E-state index contributed by atoms with van der Waals surface area (Å²) in [6, 6.07) is 14.6. The van der Waals surface area contributed by atoms with Gasteiger partial charge in [-0.05, 0) is 60.4 Å². The van der Waals surface area contributed by atoms with Gasteiger partial charge in [0.2, 0.25) is 11.8 Å². The summed E-state index contributed by atoms with van der Waals surface area (Å²) in [6.45, 7) is 0. The van der Waals surface area contributed by atoms with Gasteiger partial charge in [0.25, 0.3) is 5.91 Å². The Kier molecular flexibility index (Phi) is 6.07. The van der Waals surface area contributed by atoms with Gasteiger partial charge in [-0.15, -0.1) is 0 Å². The van der Waals surface area contributed by atoms with Gasteiger partial charge < -0.3 is 10.4 Å². The Morgan fingerprint density at radius 3 is 2.58 bits per heavy atom. The second kappa shape index (κ2) is 8.96. The smallest absolute Gasteiger partial charge is 0.335 e. The highest BCUT2D eigenvalue weighted by Crippen LogP contribution is 2.34. The number of benzene rings is 2. The Bertz CT molecular complexity index is 1260. The van der Waals surface area contributed by atoms with Crippen molar-refractivity contribution < 1.29 is 24.3 Å². The summed E-state index contributed by atoms with van der Waals surface area (Å²) in [6.07, 6.45) is 1.30. The van der Waals surface area contributed by atoms with Gasteiger partial charge in [0.05, 0.1) is 21.8 Å². The highest BCUT2D eigenvalue weighted by Gasteiger charge is 2.40. The van der Waals surface area contributed by atoms with Crippen LogP contribution in [0.2, 0.25) is 0 Å². The van der Waals surface area contributed by atoms with Crippen molar-refractivity contribution in [3.8, 4) is 0 Å². The number of rotatable bonds is 4. The topological polar surface area (TPSA) is 119 Å². The fraction of sp³-hybridized carbons (Fsp3) is 0.0909. The molecular formula is C22H16N4O5S2. The second-order valence-corrected chi connectivity index (χ2v) is 8.42. The Morgan fingerprint density at radius 1 is 1.15 bits per heavy atom. The van der Waals surface area contributed by atoms with Crippen molar-refractivity contribution in [2.45, 2.75) is 0 Å². The molecule has 0 aliphatic carbocycles. The number of carboxylic acid groups (broad SMARTS) is 1. The number of hydrogen-bond donors (Lipinski definition) is 2. The minimum Gasteiger partial charge on any atom is -0.478 e. The van der Waals surface area contributed by atoms with Crippen LogP contribution in [0.1, 0.15) is 10.4 Å². The number of nitrogens with zero attached hydrogens (tertiary/aromatic N) is 3. The van der Waals surface area contributed by atoms with Crippen LogP contribution in [0.5, 0.6) is 0 Å². The van der Waals surface area contributed by atoms with Crippen LogP contribution in [0.4, 0.5) is 11.4 Å². The van der Waals surface area contributed by atoms with Crippen LogP contribution in [-0.4, -0.2) is 51.0 Å². The van der Waals surface area contributed by atoms with E-state index in [1.165, 1.54) is 35.1 Å². The first-order valence-electron chi connectivity index (χ1n) is 9.60. The zero-order valence-electron chi connectivity index (χ0n) is 17.1. The van der Waals surface area contributed by atoms with E-state index in [1.807, 2.05) is 0 Å². The van der Waals surface area contributed by atoms with Gasteiger partial charge in [0, 0.05) is 7.05 Å². The lowest BCUT2D eigenvalue weighted by Crippen LogP contribution is -2.57. The molecule has 2 aliphatic rings. The molecule has 0 radical (unpaired) electrons. The second-order valence-electron chi connectivity index (χ2n) is 7.03. The Balaban J connectivity index is 1.63. The Hall–Kier alpha value is -3.83. The van der Waals surface area contributed by atoms with Crippen LogP contribution in [-0.2, 0) is 14.4 Å². The molecule has 1 unspecified atom stereocenters. The molecule has 2 fully saturated rings. The van der Waals surface area contributed by atoms with Gasteiger partial charge in [0.1, 0.15) is 5.92 Å². The molecule has 2 saturated heterocycles. The molecule has 0 saturated carbocycles. The molecular weight excluding hydrogens is 464 g/mol. The van der Waals surface area contributed by atoms with Crippen molar-refractivity contribution in [2.75, 3.05) is 11.9 Å². The average molecular weight is 481 g/mol. The third-order valence-corrected chi connectivity index (χ3v) is 6.22. The van der Waals surface area contributed by atoms with Crippen LogP contribution >= 0.6 is 24.0 Å². The van der Waals surface area contributed by atoms with Crippen LogP contribution in [0.15, 0.2) is 70.6 Å². The molecule has 0 spiro atoms. The van der Waals surface area contributed by atoms with E-state index in [-0.39, 0.29) is 20.7 Å². The summed E-state index contributed by atoms with van der Waals surface area (Å²) in [5, 5.41) is 11.9. The molecule has 33 heavy (non-hydrogen) atoms. The molecule has 2 aliphatic heterocycles. The maximum atomic E-state index is 13.1. The number of aliphatic imine (C=N–C) groups is 1. The first-order chi connectivity index (χ1) is 15.8. The molecule has 2 aromatic carbocycles. The number of amidine groups is 1. The molecule has 0 aromatic heterocycles. The number of aromatic carboxylic acids is 1. The maximum Gasteiger partial charge on any atom is 0.335 e. The number of likely N-dealkylation sites (N-methyl/N-ethyl adjacent to an activating group) is 1. The van der Waals surface area contributed by atoms with Crippen molar-refractivity contribution >= 4 is 69.3 Å². The number of amides is 3. The van der Waals surface area contributed by atoms with Crippen LogP contribution in [0.3, 0.4) is 0 Å². The van der Waals surface area contributed by atoms with Crippen molar-refractivity contribution in [2.24, 2.45) is 10.9 Å². The zero-order chi connectivity index (χ0) is 23.7. The molecule has 11 heteroatoms. The van der Waals surface area contributed by atoms with Gasteiger partial charge in [-0.3, -0.25) is 24.2 Å². The minimum absolute atomic E-state index is 0.0334. The number of anilines is 1. The summed E-state index contributed by atoms with van der Waals surface area (Å²) in [5.41, 5.74) is 0.912. The van der Waals surface area contributed by atoms with E-state index in [1.54, 1.807) is 42.5 Å². The van der Waals surface area contributed by atoms with E-state index in [2.05, 4.69) is 10.3 Å². The predicted molar refractivity (Wildman–Crippen MR) is 127 cm³/mol. The standard InChI is InChI=1S/C22H16N4O5S2/c1-25-19(29)16(33-22(25)23-13-7-5-6-12(10-13)20(30)31)11-15-17(27)24-21(32)26(18(15)28)14-8-3-2-4-9-14/h2-11,15H,1H3,(H,30,31)(H,24,27,32). The summed E-state index contributed by atoms with van der Waals surface area (Å²) >= 11 is 6.16. The van der Waals surface area contributed by atoms with Gasteiger partial charge in [-0.25, -0.2) is 9.79 Å². The van der Waals surface area contributed by atoms with Crippen molar-refractivity contribution in [1.82, 2.24) is 10.2 Å². The summed E-state index contributed by atoms with van der Waals surface area (Å²) < 4.78 is 0. The quantitative estimate of drug-likeness (QED) is 0.392. The van der Waals surface area contributed by atoms with E-state index in [0.29, 0.717) is 11.4 Å². The third-order valence-electron chi connectivity index (χ3n) is 4.86. The number of hydrogen-bond acceptors (Lipinski definition) is 7. The molecule has 2 aromatic rings. The van der Waals surface area contributed by atoms with E-state index < -0.39 is 29.6 Å². The number of nitrogens with one attached hydrogen (secondary N) is 1. The normalized spacial score (nSPS) is 21.2. The van der Waals surface area contributed by atoms with E-state index in [4.69, 9.17) is 17.3 Å². The van der Waals surface area contributed by atoms with Gasteiger partial charge >= 0.3 is 5.97 Å². The average Bonchev–Trinajstić information content (AvgIpc) is 3.05. The largest absolute Gasteiger partial charge is 0.478 e. The number of thioether (sulfide) groups is 1. The van der Waals surface area contributed by atoms with E-state index >= 15 is 0 Å². The predicted octanol–water partition coefficient (Wildman–Crippen LogP) is 2.53. The summed E-state index contributed by atoms with van der Waals surface area (Å²) in [4.78, 5) is 56.6. The Labute approximate surface area is 197 Å². The molecule has 1 atom stereocenters. The lowest BCUT2D eigenvalue weighted by molar-refractivity contribution is -0.131. The number of carbonyl (C=O) groups is 4. The SMILES string of the molecule is CN1C(=O)C(=CC2C(=O)NC(=S)N(c3ccccc3)C2=O)SC1=Nc1cccc(C(=O)O)c1. The lowest BCUT2D eigenvalue weighted by Gasteiger charge is -2.31. The fourth-order valence-electron chi connectivity index (χ4n) is 3.19. The summed E-state index contributed by atoms with van der Waals surface area (Å²) in [5.74, 6) is -3.98. The van der Waals surface area contributed by atoms with E-state index in [9.17, 15) is 19.2 Å². The van der Waals surface area contributed by atoms with Crippen molar-refractivity contribution in [3.63, 3.8) is 0 Å². The number of carbonyl (C=O) groups excluding carboxylic acids is 3. The first-order valence-corrected chi connectivity index (χ1v) is 10.8. The minimum atomic E-state index is -1.26. The lowest BCUT2D eigenvalue weighted by atomic mass is 10.0. The van der Waals surface area contributed by atoms with Gasteiger partial charge in [-0.2, -0.15) is 0 Å². The van der Waals surface area contributed by atoms with Crippen LogP contribution in [0, 0.1) is 5.92 Å². The fourth-order valence-corrected chi connectivity index (χ4v) is 4.49. The van der Waals surface area contributed by atoms with Crippen LogP contribution in [0.25, 0.3) is 0 Å². The van der Waals surface area contributed by atoms with Crippen molar-refractivity contribution in [3.05, 3.63) is 71.1 Å². The number of para-hydroxylation sites is 1. The monoisotopic (exact) mass is 480 g/mol. The number of carboxylic acids is 1. The number of thiocarbonyl (C=S) groups is 1. The van der Waals surface area contributed by atoms with Gasteiger partial charge in [0.15, 0.2) is 10.3 Å². The molecule has 0 bridgehead atoms. The van der Waals surface area contributed by atoms with Crippen molar-refractivity contribution in [1.29, 1.82) is 0 Å². The highest BCUT2D eigenvalue weighted by atomic mass is 32.2. The summed E-state index contributed by atoms with van der Waals surface area (Å²) in [7, 11) is 1.50. The van der Waals surface area contributed by atoms with Crippen LogP contribution < -0.4 is 10.2 Å². The maximum absolute atomic E-state index is 13.1. The highest BCUT2D eigenvalue weighted by molar-refractivity contribution is 8.18. The molecule has 2 heterocycles. The third kappa shape index (κ3) is 4.41. The Morgan fingerprint density at radius 2 is 1.88 bits per heavy atom. The van der Waals surface area contributed by atoms with Gasteiger partial charge in [-0.1, -0.05) is 24.3 Å². The molecule has 2 N–H and O–H groups in total.